The van der Waals surface area contributed by atoms with Gasteiger partial charge in [-0.05, 0) is 44.0 Å². The van der Waals surface area contributed by atoms with Gasteiger partial charge in [-0.15, -0.1) is 0 Å². The van der Waals surface area contributed by atoms with Gasteiger partial charge < -0.3 is 9.47 Å². The number of aryl methyl sites for hydroxylation is 2. The SMILES string of the molecule is COc1cc(C)c(C(=O)CN2CCOC(C)C2)cc1C. The van der Waals surface area contributed by atoms with E-state index in [2.05, 4.69) is 4.90 Å². The number of carbonyl (C=O) groups is 1. The van der Waals surface area contributed by atoms with Crippen LogP contribution in [0, 0.1) is 13.8 Å². The van der Waals surface area contributed by atoms with Crippen molar-refractivity contribution in [1.82, 2.24) is 4.90 Å². The summed E-state index contributed by atoms with van der Waals surface area (Å²) in [5, 5.41) is 0. The predicted molar refractivity (Wildman–Crippen MR) is 78.7 cm³/mol. The summed E-state index contributed by atoms with van der Waals surface area (Å²) in [6.07, 6.45) is 0.204. The van der Waals surface area contributed by atoms with Crippen LogP contribution in [0.25, 0.3) is 0 Å². The van der Waals surface area contributed by atoms with Gasteiger partial charge in [-0.1, -0.05) is 0 Å². The lowest BCUT2D eigenvalue weighted by atomic mass is 10.0. The summed E-state index contributed by atoms with van der Waals surface area (Å²) in [6.45, 7) is 8.77. The third-order valence-corrected chi connectivity index (χ3v) is 3.73. The largest absolute Gasteiger partial charge is 0.496 e. The molecule has 0 N–H and O–H groups in total. The lowest BCUT2D eigenvalue weighted by Crippen LogP contribution is -2.43. The van der Waals surface area contributed by atoms with Gasteiger partial charge in [-0.3, -0.25) is 9.69 Å². The van der Waals surface area contributed by atoms with Crippen molar-refractivity contribution in [1.29, 1.82) is 0 Å². The Balaban J connectivity index is 2.11. The molecule has 0 radical (unpaired) electrons. The first-order valence-corrected chi connectivity index (χ1v) is 7.03. The molecule has 1 saturated heterocycles. The zero-order valence-electron chi connectivity index (χ0n) is 12.7. The van der Waals surface area contributed by atoms with Crippen LogP contribution in [0.15, 0.2) is 12.1 Å². The van der Waals surface area contributed by atoms with Gasteiger partial charge in [0.15, 0.2) is 5.78 Å². The van der Waals surface area contributed by atoms with Crippen LogP contribution >= 0.6 is 0 Å². The Morgan fingerprint density at radius 1 is 1.40 bits per heavy atom. The number of ether oxygens (including phenoxy) is 2. The third kappa shape index (κ3) is 3.38. The van der Waals surface area contributed by atoms with Crippen LogP contribution in [0.5, 0.6) is 5.75 Å². The van der Waals surface area contributed by atoms with Crippen LogP contribution in [0.3, 0.4) is 0 Å². The minimum absolute atomic E-state index is 0.169. The number of hydrogen-bond donors (Lipinski definition) is 0. The normalized spacial score (nSPS) is 19.9. The fourth-order valence-electron chi connectivity index (χ4n) is 2.63. The number of ketones is 1. The van der Waals surface area contributed by atoms with E-state index in [-0.39, 0.29) is 11.9 Å². The lowest BCUT2D eigenvalue weighted by molar-refractivity contribution is -0.0158. The maximum absolute atomic E-state index is 12.5. The Labute approximate surface area is 120 Å². The molecule has 1 aromatic carbocycles. The van der Waals surface area contributed by atoms with Gasteiger partial charge in [0.1, 0.15) is 5.75 Å². The number of benzene rings is 1. The molecule has 1 unspecified atom stereocenters. The molecule has 1 atom stereocenters. The Hall–Kier alpha value is -1.39. The number of hydrogen-bond acceptors (Lipinski definition) is 4. The number of Topliss-reactive ketones (excluding diaryl/α,β-unsaturated/α-hetero) is 1. The molecule has 1 heterocycles. The first kappa shape index (κ1) is 15.0. The Morgan fingerprint density at radius 3 is 2.80 bits per heavy atom. The molecule has 0 amide bonds. The van der Waals surface area contributed by atoms with E-state index in [1.807, 2.05) is 32.9 Å². The molecule has 0 spiro atoms. The van der Waals surface area contributed by atoms with Crippen LogP contribution in [0.2, 0.25) is 0 Å². The van der Waals surface area contributed by atoms with Crippen molar-refractivity contribution < 1.29 is 14.3 Å². The second kappa shape index (κ2) is 6.37. The molecular weight excluding hydrogens is 254 g/mol. The van der Waals surface area contributed by atoms with Gasteiger partial charge in [-0.2, -0.15) is 0 Å². The number of rotatable bonds is 4. The highest BCUT2D eigenvalue weighted by molar-refractivity contribution is 5.99. The number of morpholine rings is 1. The van der Waals surface area contributed by atoms with Gasteiger partial charge in [0.05, 0.1) is 26.4 Å². The highest BCUT2D eigenvalue weighted by Gasteiger charge is 2.20. The molecule has 0 aliphatic carbocycles. The Bertz CT molecular complexity index is 499. The van der Waals surface area contributed by atoms with Crippen molar-refractivity contribution in [3.63, 3.8) is 0 Å². The van der Waals surface area contributed by atoms with Gasteiger partial charge in [0.2, 0.25) is 0 Å². The minimum Gasteiger partial charge on any atom is -0.496 e. The molecule has 1 aliphatic rings. The van der Waals surface area contributed by atoms with Gasteiger partial charge in [0, 0.05) is 18.7 Å². The summed E-state index contributed by atoms with van der Waals surface area (Å²) in [4.78, 5) is 14.6. The molecule has 1 aromatic rings. The van der Waals surface area contributed by atoms with Crippen molar-refractivity contribution in [3.8, 4) is 5.75 Å². The molecule has 0 saturated carbocycles. The van der Waals surface area contributed by atoms with E-state index in [0.717, 1.165) is 35.5 Å². The van der Waals surface area contributed by atoms with Crippen molar-refractivity contribution in [2.75, 3.05) is 33.4 Å². The van der Waals surface area contributed by atoms with Crippen LogP contribution < -0.4 is 4.74 Å². The second-order valence-corrected chi connectivity index (χ2v) is 5.48. The molecule has 20 heavy (non-hydrogen) atoms. The minimum atomic E-state index is 0.169. The van der Waals surface area contributed by atoms with Crippen LogP contribution in [0.4, 0.5) is 0 Å². The molecule has 1 aliphatic heterocycles. The van der Waals surface area contributed by atoms with Crippen molar-refractivity contribution in [2.24, 2.45) is 0 Å². The maximum Gasteiger partial charge on any atom is 0.177 e. The molecule has 110 valence electrons. The summed E-state index contributed by atoms with van der Waals surface area (Å²) in [5.41, 5.74) is 2.76. The molecule has 0 aromatic heterocycles. The van der Waals surface area contributed by atoms with Crippen molar-refractivity contribution >= 4 is 5.78 Å². The number of methoxy groups -OCH3 is 1. The first-order chi connectivity index (χ1) is 9.51. The number of nitrogens with zero attached hydrogens (tertiary/aromatic N) is 1. The molecule has 2 rings (SSSR count). The van der Waals surface area contributed by atoms with Gasteiger partial charge in [-0.25, -0.2) is 0 Å². The average molecular weight is 277 g/mol. The first-order valence-electron chi connectivity index (χ1n) is 7.03. The summed E-state index contributed by atoms with van der Waals surface area (Å²) < 4.78 is 10.8. The molecule has 0 bridgehead atoms. The Kier molecular flexibility index (Phi) is 4.78. The quantitative estimate of drug-likeness (QED) is 0.791. The van der Waals surface area contributed by atoms with E-state index in [4.69, 9.17) is 9.47 Å². The zero-order chi connectivity index (χ0) is 14.7. The smallest absolute Gasteiger partial charge is 0.177 e. The number of carbonyl (C=O) groups excluding carboxylic acids is 1. The second-order valence-electron chi connectivity index (χ2n) is 5.48. The Morgan fingerprint density at radius 2 is 2.15 bits per heavy atom. The zero-order valence-corrected chi connectivity index (χ0v) is 12.7. The summed E-state index contributed by atoms with van der Waals surface area (Å²) in [6, 6.07) is 3.87. The molecule has 1 fully saturated rings. The fraction of sp³-hybridized carbons (Fsp3) is 0.562. The van der Waals surface area contributed by atoms with E-state index < -0.39 is 0 Å². The van der Waals surface area contributed by atoms with Gasteiger partial charge in [0.25, 0.3) is 0 Å². The van der Waals surface area contributed by atoms with E-state index in [9.17, 15) is 4.79 Å². The predicted octanol–water partition coefficient (Wildman–Crippen LogP) is 2.22. The average Bonchev–Trinajstić information content (AvgIpc) is 2.40. The summed E-state index contributed by atoms with van der Waals surface area (Å²) in [7, 11) is 1.65. The molecule has 4 nitrogen and oxygen atoms in total. The van der Waals surface area contributed by atoms with Crippen molar-refractivity contribution in [3.05, 3.63) is 28.8 Å². The van der Waals surface area contributed by atoms with E-state index in [1.54, 1.807) is 7.11 Å². The molecule has 4 heteroatoms. The highest BCUT2D eigenvalue weighted by Crippen LogP contribution is 2.23. The van der Waals surface area contributed by atoms with Crippen LogP contribution in [-0.2, 0) is 4.74 Å². The third-order valence-electron chi connectivity index (χ3n) is 3.73. The fourth-order valence-corrected chi connectivity index (χ4v) is 2.63. The summed E-state index contributed by atoms with van der Waals surface area (Å²) >= 11 is 0. The maximum atomic E-state index is 12.5. The van der Waals surface area contributed by atoms with Gasteiger partial charge >= 0.3 is 0 Å². The van der Waals surface area contributed by atoms with E-state index >= 15 is 0 Å². The van der Waals surface area contributed by atoms with E-state index in [0.29, 0.717) is 13.2 Å². The topological polar surface area (TPSA) is 38.8 Å². The van der Waals surface area contributed by atoms with Crippen molar-refractivity contribution in [2.45, 2.75) is 26.9 Å². The van der Waals surface area contributed by atoms with Crippen LogP contribution in [0.1, 0.15) is 28.4 Å². The standard InChI is InChI=1S/C16H23NO3/c1-11-8-16(19-4)12(2)7-14(11)15(18)10-17-5-6-20-13(3)9-17/h7-8,13H,5-6,9-10H2,1-4H3. The molecular formula is C16H23NO3. The van der Waals surface area contributed by atoms with E-state index in [1.165, 1.54) is 0 Å². The monoisotopic (exact) mass is 277 g/mol. The summed E-state index contributed by atoms with van der Waals surface area (Å²) in [5.74, 6) is 1.00. The highest BCUT2D eigenvalue weighted by atomic mass is 16.5. The lowest BCUT2D eigenvalue weighted by Gasteiger charge is -2.30. The van der Waals surface area contributed by atoms with Crippen LogP contribution in [-0.4, -0.2) is 50.1 Å².